The quantitative estimate of drug-likeness (QED) is 0.447. The second kappa shape index (κ2) is 9.80. The topological polar surface area (TPSA) is 35.5 Å². The van der Waals surface area contributed by atoms with Crippen LogP contribution in [0.3, 0.4) is 0 Å². The maximum absolute atomic E-state index is 12.2. The van der Waals surface area contributed by atoms with Gasteiger partial charge in [0.2, 0.25) is 0 Å². The van der Waals surface area contributed by atoms with Crippen LogP contribution in [0.25, 0.3) is 0 Å². The highest BCUT2D eigenvalue weighted by molar-refractivity contribution is 6.73. The molecule has 1 rings (SSSR count). The lowest BCUT2D eigenvalue weighted by molar-refractivity contribution is 0.0134. The number of carbonyl (C=O) groups is 1. The van der Waals surface area contributed by atoms with Crippen molar-refractivity contribution in [2.45, 2.75) is 64.8 Å². The molecule has 0 aliphatic carbocycles. The Bertz CT molecular complexity index is 421. The third-order valence-electron chi connectivity index (χ3n) is 4.40. The molecule has 0 bridgehead atoms. The minimum absolute atomic E-state index is 0.144. The van der Waals surface area contributed by atoms with Gasteiger partial charge in [-0.05, 0) is 36.7 Å². The van der Waals surface area contributed by atoms with Gasteiger partial charge in [-0.15, -0.1) is 0 Å². The first-order valence-corrected chi connectivity index (χ1v) is 11.0. The molecule has 0 radical (unpaired) electrons. The normalized spacial score (nSPS) is 12.9. The van der Waals surface area contributed by atoms with E-state index in [0.29, 0.717) is 12.2 Å². The predicted molar refractivity (Wildman–Crippen MR) is 93.7 cm³/mol. The van der Waals surface area contributed by atoms with Gasteiger partial charge in [0.25, 0.3) is 0 Å². The Morgan fingerprint density at radius 2 is 1.64 bits per heavy atom. The van der Waals surface area contributed by atoms with Crippen LogP contribution in [0.15, 0.2) is 30.3 Å². The summed E-state index contributed by atoms with van der Waals surface area (Å²) in [6, 6.07) is 12.5. The van der Waals surface area contributed by atoms with Crippen molar-refractivity contribution in [1.82, 2.24) is 0 Å². The van der Waals surface area contributed by atoms with Gasteiger partial charge in [0.15, 0.2) is 8.32 Å². The summed E-state index contributed by atoms with van der Waals surface area (Å²) in [7, 11) is -1.63. The van der Waals surface area contributed by atoms with Crippen LogP contribution in [-0.2, 0) is 9.16 Å². The van der Waals surface area contributed by atoms with E-state index in [4.69, 9.17) is 9.16 Å². The summed E-state index contributed by atoms with van der Waals surface area (Å²) in [6.07, 6.45) is 1.68. The van der Waals surface area contributed by atoms with Gasteiger partial charge in [-0.2, -0.15) is 0 Å². The van der Waals surface area contributed by atoms with Crippen molar-refractivity contribution in [3.8, 4) is 0 Å². The van der Waals surface area contributed by atoms with Crippen LogP contribution < -0.4 is 0 Å². The Balaban J connectivity index is 2.64. The number of hydrogen-bond acceptors (Lipinski definition) is 3. The summed E-state index contributed by atoms with van der Waals surface area (Å²) >= 11 is 0. The van der Waals surface area contributed by atoms with Crippen molar-refractivity contribution in [2.75, 3.05) is 6.61 Å². The summed E-state index contributed by atoms with van der Waals surface area (Å²) in [5, 5.41) is 0. The van der Waals surface area contributed by atoms with E-state index >= 15 is 0 Å². The second-order valence-electron chi connectivity index (χ2n) is 5.74. The van der Waals surface area contributed by atoms with Crippen molar-refractivity contribution in [3.63, 3.8) is 0 Å². The van der Waals surface area contributed by atoms with Crippen LogP contribution in [0.1, 0.15) is 50.9 Å². The summed E-state index contributed by atoms with van der Waals surface area (Å²) in [4.78, 5) is 12.2. The van der Waals surface area contributed by atoms with E-state index in [2.05, 4.69) is 27.7 Å². The standard InChI is InChI=1S/C18H30O3Si/c1-5-12-17(15-20-22(6-2,7-3)8-4)21-18(19)16-13-10-9-11-14-16/h9-11,13-14,17H,5-8,12,15H2,1-4H3. The molecule has 0 spiro atoms. The molecule has 124 valence electrons. The van der Waals surface area contributed by atoms with Gasteiger partial charge < -0.3 is 9.16 Å². The van der Waals surface area contributed by atoms with Crippen LogP contribution in [0.2, 0.25) is 18.1 Å². The monoisotopic (exact) mass is 322 g/mol. The van der Waals surface area contributed by atoms with Gasteiger partial charge in [0, 0.05) is 0 Å². The lowest BCUT2D eigenvalue weighted by Crippen LogP contribution is -2.39. The molecule has 0 saturated carbocycles. The Labute approximate surface area is 136 Å². The van der Waals surface area contributed by atoms with E-state index in [9.17, 15) is 4.79 Å². The third-order valence-corrected chi connectivity index (χ3v) is 9.05. The molecule has 0 N–H and O–H groups in total. The Kier molecular flexibility index (Phi) is 8.42. The SMILES string of the molecule is CCCC(CO[Si](CC)(CC)CC)OC(=O)c1ccccc1. The van der Waals surface area contributed by atoms with Gasteiger partial charge in [0.1, 0.15) is 6.10 Å². The van der Waals surface area contributed by atoms with Crippen molar-refractivity contribution >= 4 is 14.3 Å². The minimum Gasteiger partial charge on any atom is -0.456 e. The smallest absolute Gasteiger partial charge is 0.338 e. The van der Waals surface area contributed by atoms with Crippen LogP contribution in [0.4, 0.5) is 0 Å². The van der Waals surface area contributed by atoms with Crippen molar-refractivity contribution < 1.29 is 14.0 Å². The first kappa shape index (κ1) is 18.9. The maximum Gasteiger partial charge on any atom is 0.338 e. The van der Waals surface area contributed by atoms with Crippen molar-refractivity contribution in [1.29, 1.82) is 0 Å². The molecule has 0 aliphatic rings. The Hall–Kier alpha value is -1.13. The fourth-order valence-electron chi connectivity index (χ4n) is 2.62. The summed E-state index contributed by atoms with van der Waals surface area (Å²) < 4.78 is 12.0. The second-order valence-corrected chi connectivity index (χ2v) is 10.5. The zero-order chi connectivity index (χ0) is 16.4. The van der Waals surface area contributed by atoms with E-state index in [0.717, 1.165) is 31.0 Å². The molecular weight excluding hydrogens is 292 g/mol. The number of rotatable bonds is 10. The fraction of sp³-hybridized carbons (Fsp3) is 0.611. The summed E-state index contributed by atoms with van der Waals surface area (Å²) in [5.41, 5.74) is 0.605. The molecule has 0 saturated heterocycles. The zero-order valence-corrected chi connectivity index (χ0v) is 15.4. The molecule has 0 fully saturated rings. The minimum atomic E-state index is -1.63. The van der Waals surface area contributed by atoms with Crippen LogP contribution in [0, 0.1) is 0 Å². The van der Waals surface area contributed by atoms with Crippen molar-refractivity contribution in [2.24, 2.45) is 0 Å². The van der Waals surface area contributed by atoms with E-state index in [1.165, 1.54) is 0 Å². The highest BCUT2D eigenvalue weighted by Gasteiger charge is 2.30. The van der Waals surface area contributed by atoms with E-state index in [-0.39, 0.29) is 12.1 Å². The molecule has 1 unspecified atom stereocenters. The fourth-order valence-corrected chi connectivity index (χ4v) is 5.27. The zero-order valence-electron chi connectivity index (χ0n) is 14.4. The Morgan fingerprint density at radius 1 is 1.05 bits per heavy atom. The molecule has 0 aromatic heterocycles. The highest BCUT2D eigenvalue weighted by Crippen LogP contribution is 2.22. The summed E-state index contributed by atoms with van der Waals surface area (Å²) in [6.45, 7) is 9.28. The molecule has 3 nitrogen and oxygen atoms in total. The van der Waals surface area contributed by atoms with Gasteiger partial charge >= 0.3 is 5.97 Å². The lowest BCUT2D eigenvalue weighted by Gasteiger charge is -2.30. The first-order chi connectivity index (χ1) is 10.6. The summed E-state index contributed by atoms with van der Waals surface area (Å²) in [5.74, 6) is -0.251. The number of hydrogen-bond donors (Lipinski definition) is 0. The Morgan fingerprint density at radius 3 is 2.14 bits per heavy atom. The first-order valence-electron chi connectivity index (χ1n) is 8.50. The molecular formula is C18H30O3Si. The molecule has 4 heteroatoms. The van der Waals surface area contributed by atoms with Gasteiger partial charge in [0.05, 0.1) is 12.2 Å². The molecule has 0 heterocycles. The lowest BCUT2D eigenvalue weighted by atomic mass is 10.2. The van der Waals surface area contributed by atoms with Crippen LogP contribution >= 0.6 is 0 Å². The van der Waals surface area contributed by atoms with Gasteiger partial charge in [-0.1, -0.05) is 52.3 Å². The molecule has 22 heavy (non-hydrogen) atoms. The van der Waals surface area contributed by atoms with E-state index < -0.39 is 8.32 Å². The average molecular weight is 323 g/mol. The molecule has 1 atom stereocenters. The van der Waals surface area contributed by atoms with E-state index in [1.807, 2.05) is 18.2 Å². The maximum atomic E-state index is 12.2. The molecule has 1 aromatic rings. The molecule has 0 amide bonds. The largest absolute Gasteiger partial charge is 0.456 e. The molecule has 0 aliphatic heterocycles. The van der Waals surface area contributed by atoms with Gasteiger partial charge in [-0.25, -0.2) is 4.79 Å². The number of ether oxygens (including phenoxy) is 1. The van der Waals surface area contributed by atoms with Crippen molar-refractivity contribution in [3.05, 3.63) is 35.9 Å². The number of carbonyl (C=O) groups excluding carboxylic acids is 1. The number of benzene rings is 1. The third kappa shape index (κ3) is 5.58. The average Bonchev–Trinajstić information content (AvgIpc) is 2.57. The predicted octanol–water partition coefficient (Wildman–Crippen LogP) is 5.03. The number of esters is 1. The van der Waals surface area contributed by atoms with E-state index in [1.54, 1.807) is 12.1 Å². The van der Waals surface area contributed by atoms with Gasteiger partial charge in [-0.3, -0.25) is 0 Å². The van der Waals surface area contributed by atoms with Crippen LogP contribution in [0.5, 0.6) is 0 Å². The van der Waals surface area contributed by atoms with Crippen LogP contribution in [-0.4, -0.2) is 27.0 Å². The highest BCUT2D eigenvalue weighted by atomic mass is 28.4. The molecule has 1 aromatic carbocycles.